The average molecular weight is 308 g/mol. The molecule has 0 unspecified atom stereocenters. The Morgan fingerprint density at radius 3 is 3.05 bits per heavy atom. The largest absolute Gasteiger partial charge is 0.352 e. The van der Waals surface area contributed by atoms with Gasteiger partial charge in [0, 0.05) is 12.6 Å². The molecular formula is C13H16N4OS2. The number of aromatic amines is 1. The minimum atomic E-state index is -0.261. The van der Waals surface area contributed by atoms with Crippen LogP contribution in [0.5, 0.6) is 0 Å². The van der Waals surface area contributed by atoms with E-state index in [0.29, 0.717) is 15.3 Å². The van der Waals surface area contributed by atoms with E-state index >= 15 is 0 Å². The normalized spacial score (nSPS) is 10.4. The zero-order valence-corrected chi connectivity index (χ0v) is 12.8. The summed E-state index contributed by atoms with van der Waals surface area (Å²) in [5.74, 6) is -0.261. The number of nitrogens with one attached hydrogen (secondary N) is 2. The Labute approximate surface area is 126 Å². The fraction of sp³-hybridized carbons (Fsp3) is 0.385. The van der Waals surface area contributed by atoms with E-state index in [4.69, 9.17) is 12.2 Å². The van der Waals surface area contributed by atoms with Crippen LogP contribution in [0.15, 0.2) is 18.3 Å². The van der Waals surface area contributed by atoms with Gasteiger partial charge >= 0.3 is 0 Å². The number of nitrogens with zero attached hydrogens (tertiary/aromatic N) is 2. The Morgan fingerprint density at radius 1 is 1.45 bits per heavy atom. The molecule has 106 valence electrons. The Morgan fingerprint density at radius 2 is 2.30 bits per heavy atom. The standard InChI is InChI=1S/C13H16N4OS2/c1-2-3-4-7-10-16-17-13(20-10)15-11(18)9-6-5-8-14-12(9)19/h5-6,8H,2-4,7H2,1H3,(H,14,19)(H,15,17,18). The van der Waals surface area contributed by atoms with Crippen LogP contribution in [0.4, 0.5) is 5.13 Å². The zero-order chi connectivity index (χ0) is 14.4. The lowest BCUT2D eigenvalue weighted by Crippen LogP contribution is -2.12. The van der Waals surface area contributed by atoms with Crippen LogP contribution in [0.25, 0.3) is 0 Å². The molecule has 2 aromatic heterocycles. The molecule has 0 bridgehead atoms. The molecule has 2 aromatic rings. The van der Waals surface area contributed by atoms with Gasteiger partial charge in [-0.1, -0.05) is 43.3 Å². The maximum Gasteiger partial charge on any atom is 0.260 e. The number of anilines is 1. The van der Waals surface area contributed by atoms with Gasteiger partial charge in [-0.3, -0.25) is 10.1 Å². The first-order valence-corrected chi connectivity index (χ1v) is 7.74. The summed E-state index contributed by atoms with van der Waals surface area (Å²) in [5, 5.41) is 12.3. The first kappa shape index (κ1) is 14.8. The van der Waals surface area contributed by atoms with Crippen LogP contribution < -0.4 is 5.32 Å². The lowest BCUT2D eigenvalue weighted by atomic mass is 10.2. The van der Waals surface area contributed by atoms with E-state index in [1.165, 1.54) is 24.2 Å². The minimum absolute atomic E-state index is 0.261. The van der Waals surface area contributed by atoms with Crippen LogP contribution in [0.2, 0.25) is 0 Å². The van der Waals surface area contributed by atoms with E-state index in [2.05, 4.69) is 27.4 Å². The quantitative estimate of drug-likeness (QED) is 0.632. The zero-order valence-electron chi connectivity index (χ0n) is 11.2. The molecule has 0 saturated heterocycles. The Hall–Kier alpha value is -1.60. The molecular weight excluding hydrogens is 292 g/mol. The second-order valence-corrected chi connectivity index (χ2v) is 5.80. The Kier molecular flexibility index (Phi) is 5.37. The SMILES string of the molecule is CCCCCc1nnc(NC(=O)c2ccc[nH]c2=S)s1. The minimum Gasteiger partial charge on any atom is -0.352 e. The summed E-state index contributed by atoms with van der Waals surface area (Å²) in [6.45, 7) is 2.16. The van der Waals surface area contributed by atoms with Gasteiger partial charge in [-0.2, -0.15) is 0 Å². The number of unbranched alkanes of at least 4 members (excludes halogenated alkanes) is 2. The third-order valence-electron chi connectivity index (χ3n) is 2.74. The number of carbonyl (C=O) groups excluding carboxylic acids is 1. The van der Waals surface area contributed by atoms with Crippen molar-refractivity contribution in [2.75, 3.05) is 5.32 Å². The number of aryl methyl sites for hydroxylation is 1. The highest BCUT2D eigenvalue weighted by atomic mass is 32.1. The molecule has 5 nitrogen and oxygen atoms in total. The van der Waals surface area contributed by atoms with Crippen molar-refractivity contribution in [3.63, 3.8) is 0 Å². The monoisotopic (exact) mass is 308 g/mol. The van der Waals surface area contributed by atoms with Gasteiger partial charge < -0.3 is 4.98 Å². The Balaban J connectivity index is 1.98. The van der Waals surface area contributed by atoms with Crippen molar-refractivity contribution >= 4 is 34.6 Å². The molecule has 0 saturated carbocycles. The molecule has 0 spiro atoms. The van der Waals surface area contributed by atoms with E-state index in [1.54, 1.807) is 18.3 Å². The molecule has 2 rings (SSSR count). The summed E-state index contributed by atoms with van der Waals surface area (Å²) in [6.07, 6.45) is 6.06. The number of H-pyrrole nitrogens is 1. The fourth-order valence-corrected chi connectivity index (χ4v) is 2.70. The van der Waals surface area contributed by atoms with E-state index in [-0.39, 0.29) is 5.91 Å². The fourth-order valence-electron chi connectivity index (χ4n) is 1.70. The molecule has 0 fully saturated rings. The second-order valence-electron chi connectivity index (χ2n) is 4.33. The van der Waals surface area contributed by atoms with Gasteiger partial charge in [0.2, 0.25) is 5.13 Å². The molecule has 7 heteroatoms. The van der Waals surface area contributed by atoms with Crippen LogP contribution in [0, 0.1) is 4.64 Å². The molecule has 0 aliphatic rings. The first-order chi connectivity index (χ1) is 9.70. The van der Waals surface area contributed by atoms with Crippen molar-refractivity contribution in [2.45, 2.75) is 32.6 Å². The number of pyridine rings is 1. The van der Waals surface area contributed by atoms with Gasteiger partial charge in [-0.05, 0) is 18.6 Å². The number of carbonyl (C=O) groups is 1. The van der Waals surface area contributed by atoms with Crippen molar-refractivity contribution in [3.8, 4) is 0 Å². The van der Waals surface area contributed by atoms with Crippen LogP contribution in [-0.2, 0) is 6.42 Å². The summed E-state index contributed by atoms with van der Waals surface area (Å²) >= 11 is 6.49. The number of amides is 1. The summed E-state index contributed by atoms with van der Waals surface area (Å²) < 4.78 is 0.415. The van der Waals surface area contributed by atoms with Gasteiger partial charge in [0.15, 0.2) is 0 Å². The lowest BCUT2D eigenvalue weighted by molar-refractivity contribution is 0.102. The molecule has 0 aliphatic carbocycles. The summed E-state index contributed by atoms with van der Waals surface area (Å²) in [4.78, 5) is 14.9. The van der Waals surface area contributed by atoms with E-state index in [9.17, 15) is 4.79 Å². The average Bonchev–Trinajstić information content (AvgIpc) is 2.87. The van der Waals surface area contributed by atoms with Crippen LogP contribution >= 0.6 is 23.6 Å². The van der Waals surface area contributed by atoms with Gasteiger partial charge in [-0.15, -0.1) is 10.2 Å². The molecule has 20 heavy (non-hydrogen) atoms. The third-order valence-corrected chi connectivity index (χ3v) is 3.98. The lowest BCUT2D eigenvalue weighted by Gasteiger charge is -2.00. The first-order valence-electron chi connectivity index (χ1n) is 6.52. The molecule has 2 N–H and O–H groups in total. The second kappa shape index (κ2) is 7.25. The van der Waals surface area contributed by atoms with Crippen molar-refractivity contribution in [1.29, 1.82) is 0 Å². The van der Waals surface area contributed by atoms with Crippen LogP contribution in [0.1, 0.15) is 41.6 Å². The molecule has 0 atom stereocenters. The highest BCUT2D eigenvalue weighted by Crippen LogP contribution is 2.18. The van der Waals surface area contributed by atoms with Gasteiger partial charge in [0.05, 0.1) is 5.56 Å². The highest BCUT2D eigenvalue weighted by Gasteiger charge is 2.11. The topological polar surface area (TPSA) is 70.7 Å². The molecule has 0 aromatic carbocycles. The van der Waals surface area contributed by atoms with Crippen molar-refractivity contribution in [1.82, 2.24) is 15.2 Å². The van der Waals surface area contributed by atoms with Crippen molar-refractivity contribution in [2.24, 2.45) is 0 Å². The number of aromatic nitrogens is 3. The summed E-state index contributed by atoms with van der Waals surface area (Å²) in [6, 6.07) is 3.42. The highest BCUT2D eigenvalue weighted by molar-refractivity contribution is 7.71. The number of hydrogen-bond acceptors (Lipinski definition) is 5. The Bertz CT molecular complexity index is 635. The smallest absolute Gasteiger partial charge is 0.260 e. The van der Waals surface area contributed by atoms with Crippen LogP contribution in [-0.4, -0.2) is 21.1 Å². The predicted molar refractivity (Wildman–Crippen MR) is 82.7 cm³/mol. The number of rotatable bonds is 6. The van der Waals surface area contributed by atoms with Gasteiger partial charge in [-0.25, -0.2) is 0 Å². The molecule has 0 aliphatic heterocycles. The third kappa shape index (κ3) is 3.94. The van der Waals surface area contributed by atoms with E-state index in [0.717, 1.165) is 17.8 Å². The molecule has 1 amide bonds. The van der Waals surface area contributed by atoms with Gasteiger partial charge in [0.1, 0.15) is 9.65 Å². The summed E-state index contributed by atoms with van der Waals surface area (Å²) in [7, 11) is 0. The van der Waals surface area contributed by atoms with E-state index < -0.39 is 0 Å². The van der Waals surface area contributed by atoms with Gasteiger partial charge in [0.25, 0.3) is 5.91 Å². The van der Waals surface area contributed by atoms with Crippen molar-refractivity contribution < 1.29 is 4.79 Å². The maximum atomic E-state index is 12.0. The number of hydrogen-bond donors (Lipinski definition) is 2. The van der Waals surface area contributed by atoms with Crippen LogP contribution in [0.3, 0.4) is 0 Å². The van der Waals surface area contributed by atoms with Crippen molar-refractivity contribution in [3.05, 3.63) is 33.5 Å². The molecule has 0 radical (unpaired) electrons. The predicted octanol–water partition coefficient (Wildman–Crippen LogP) is 3.58. The van der Waals surface area contributed by atoms with E-state index in [1.807, 2.05) is 0 Å². The molecule has 2 heterocycles. The summed E-state index contributed by atoms with van der Waals surface area (Å²) in [5.41, 5.74) is 0.435. The maximum absolute atomic E-state index is 12.0.